The fourth-order valence-corrected chi connectivity index (χ4v) is 2.87. The zero-order valence-corrected chi connectivity index (χ0v) is 11.4. The number of hydrogen-bond donors (Lipinski definition) is 1. The summed E-state index contributed by atoms with van der Waals surface area (Å²) in [6, 6.07) is 1.86. The predicted octanol–water partition coefficient (Wildman–Crippen LogP) is 1.88. The standard InChI is InChI=1S/C14H16N4O2/c1-8-7-12-16-17-13(18(12)9(2)15-8)10-5-3-4-6-11(10)14(19)20/h3-4,7,10-11H,5-6H2,1-2H3,(H,19,20)/t10-,11+/m1/s1. The van der Waals surface area contributed by atoms with Crippen molar-refractivity contribution < 1.29 is 9.90 Å². The number of allylic oxidation sites excluding steroid dienone is 2. The first-order chi connectivity index (χ1) is 9.58. The van der Waals surface area contributed by atoms with Crippen LogP contribution in [0.25, 0.3) is 5.65 Å². The van der Waals surface area contributed by atoms with Crippen LogP contribution in [-0.2, 0) is 4.79 Å². The third kappa shape index (κ3) is 1.97. The summed E-state index contributed by atoms with van der Waals surface area (Å²) in [5.74, 6) is 0.0954. The second-order valence-electron chi connectivity index (χ2n) is 5.19. The molecule has 0 fully saturated rings. The summed E-state index contributed by atoms with van der Waals surface area (Å²) >= 11 is 0. The van der Waals surface area contributed by atoms with E-state index < -0.39 is 11.9 Å². The van der Waals surface area contributed by atoms with E-state index in [0.717, 1.165) is 17.2 Å². The van der Waals surface area contributed by atoms with Crippen LogP contribution in [0.4, 0.5) is 0 Å². The smallest absolute Gasteiger partial charge is 0.307 e. The van der Waals surface area contributed by atoms with E-state index in [1.165, 1.54) is 0 Å². The number of rotatable bonds is 2. The highest BCUT2D eigenvalue weighted by atomic mass is 16.4. The normalized spacial score (nSPS) is 22.3. The van der Waals surface area contributed by atoms with Crippen LogP contribution in [0.2, 0.25) is 0 Å². The molecule has 2 aromatic rings. The van der Waals surface area contributed by atoms with Crippen LogP contribution in [0.1, 0.15) is 36.1 Å². The van der Waals surface area contributed by atoms with E-state index in [1.54, 1.807) is 0 Å². The maximum atomic E-state index is 11.4. The molecule has 2 heterocycles. The van der Waals surface area contributed by atoms with Crippen LogP contribution in [0.5, 0.6) is 0 Å². The Morgan fingerprint density at radius 3 is 2.80 bits per heavy atom. The molecule has 0 spiro atoms. The Labute approximate surface area is 116 Å². The van der Waals surface area contributed by atoms with E-state index in [0.29, 0.717) is 18.7 Å². The zero-order valence-electron chi connectivity index (χ0n) is 11.4. The Kier molecular flexibility index (Phi) is 3.00. The summed E-state index contributed by atoms with van der Waals surface area (Å²) in [5.41, 5.74) is 1.61. The Morgan fingerprint density at radius 1 is 1.30 bits per heavy atom. The summed E-state index contributed by atoms with van der Waals surface area (Å²) in [6.45, 7) is 3.80. The Morgan fingerprint density at radius 2 is 2.05 bits per heavy atom. The molecule has 104 valence electrons. The molecule has 0 radical (unpaired) electrons. The largest absolute Gasteiger partial charge is 0.481 e. The van der Waals surface area contributed by atoms with Crippen molar-refractivity contribution in [2.45, 2.75) is 32.6 Å². The molecule has 0 aromatic carbocycles. The molecule has 0 amide bonds. The van der Waals surface area contributed by atoms with Crippen LogP contribution < -0.4 is 0 Å². The Hall–Kier alpha value is -2.24. The first kappa shape index (κ1) is 12.8. The van der Waals surface area contributed by atoms with Crippen LogP contribution in [0, 0.1) is 19.8 Å². The van der Waals surface area contributed by atoms with Gasteiger partial charge in [0.25, 0.3) is 0 Å². The van der Waals surface area contributed by atoms with Crippen LogP contribution in [-0.4, -0.2) is 30.7 Å². The minimum Gasteiger partial charge on any atom is -0.481 e. The molecular weight excluding hydrogens is 256 g/mol. The molecule has 6 nitrogen and oxygen atoms in total. The summed E-state index contributed by atoms with van der Waals surface area (Å²) in [6.07, 6.45) is 5.15. The summed E-state index contributed by atoms with van der Waals surface area (Å²) < 4.78 is 1.87. The number of aliphatic carboxylic acids is 1. The molecule has 0 saturated carbocycles. The summed E-state index contributed by atoms with van der Waals surface area (Å²) in [4.78, 5) is 15.8. The van der Waals surface area contributed by atoms with E-state index in [4.69, 9.17) is 0 Å². The molecule has 0 aliphatic heterocycles. The van der Waals surface area contributed by atoms with Gasteiger partial charge in [0.2, 0.25) is 0 Å². The molecule has 20 heavy (non-hydrogen) atoms. The van der Waals surface area contributed by atoms with Crippen molar-refractivity contribution in [3.63, 3.8) is 0 Å². The average Bonchev–Trinajstić information content (AvgIpc) is 2.82. The number of fused-ring (bicyclic) bond motifs is 1. The molecule has 2 atom stereocenters. The lowest BCUT2D eigenvalue weighted by Gasteiger charge is -2.23. The van der Waals surface area contributed by atoms with Gasteiger partial charge in [-0.05, 0) is 26.7 Å². The van der Waals surface area contributed by atoms with Crippen LogP contribution in [0.3, 0.4) is 0 Å². The molecule has 0 saturated heterocycles. The van der Waals surface area contributed by atoms with Crippen molar-refractivity contribution >= 4 is 11.6 Å². The van der Waals surface area contributed by atoms with Crippen LogP contribution >= 0.6 is 0 Å². The van der Waals surface area contributed by atoms with Gasteiger partial charge in [0.15, 0.2) is 5.65 Å². The van der Waals surface area contributed by atoms with Gasteiger partial charge < -0.3 is 5.11 Å². The topological polar surface area (TPSA) is 80.4 Å². The SMILES string of the molecule is Cc1cc2nnc([C@@H]3CC=CC[C@@H]3C(=O)O)n2c(C)n1. The lowest BCUT2D eigenvalue weighted by Crippen LogP contribution is -2.25. The number of carboxylic acid groups (broad SMARTS) is 1. The number of hydrogen-bond acceptors (Lipinski definition) is 4. The van der Waals surface area contributed by atoms with E-state index in [1.807, 2.05) is 36.5 Å². The van der Waals surface area contributed by atoms with Gasteiger partial charge in [-0.2, -0.15) is 0 Å². The minimum atomic E-state index is -0.783. The second-order valence-corrected chi connectivity index (χ2v) is 5.19. The lowest BCUT2D eigenvalue weighted by molar-refractivity contribution is -0.142. The van der Waals surface area contributed by atoms with Crippen molar-refractivity contribution in [3.8, 4) is 0 Å². The van der Waals surface area contributed by atoms with Gasteiger partial charge in [0, 0.05) is 17.7 Å². The van der Waals surface area contributed by atoms with Crippen molar-refractivity contribution in [3.05, 3.63) is 35.6 Å². The van der Waals surface area contributed by atoms with Gasteiger partial charge in [0.05, 0.1) is 5.92 Å². The third-order valence-electron chi connectivity index (χ3n) is 3.79. The fraction of sp³-hybridized carbons (Fsp3) is 0.429. The van der Waals surface area contributed by atoms with Gasteiger partial charge in [-0.1, -0.05) is 12.2 Å². The van der Waals surface area contributed by atoms with E-state index >= 15 is 0 Å². The third-order valence-corrected chi connectivity index (χ3v) is 3.79. The Bertz CT molecular complexity index is 705. The maximum Gasteiger partial charge on any atom is 0.307 e. The second kappa shape index (κ2) is 4.70. The zero-order chi connectivity index (χ0) is 14.3. The highest BCUT2D eigenvalue weighted by Gasteiger charge is 2.33. The monoisotopic (exact) mass is 272 g/mol. The van der Waals surface area contributed by atoms with Gasteiger partial charge in [-0.15, -0.1) is 10.2 Å². The lowest BCUT2D eigenvalue weighted by atomic mass is 9.82. The number of carbonyl (C=O) groups is 1. The molecule has 0 unspecified atom stereocenters. The van der Waals surface area contributed by atoms with Gasteiger partial charge >= 0.3 is 5.97 Å². The highest BCUT2D eigenvalue weighted by molar-refractivity contribution is 5.71. The quantitative estimate of drug-likeness (QED) is 0.844. The van der Waals surface area contributed by atoms with Crippen molar-refractivity contribution in [2.75, 3.05) is 0 Å². The Balaban J connectivity index is 2.14. The molecule has 0 bridgehead atoms. The number of nitrogens with zero attached hydrogens (tertiary/aromatic N) is 4. The van der Waals surface area contributed by atoms with Gasteiger partial charge in [0.1, 0.15) is 11.6 Å². The molecular formula is C14H16N4O2. The van der Waals surface area contributed by atoms with Crippen molar-refractivity contribution in [2.24, 2.45) is 5.92 Å². The molecule has 6 heteroatoms. The first-order valence-electron chi connectivity index (χ1n) is 6.65. The van der Waals surface area contributed by atoms with E-state index in [-0.39, 0.29) is 5.92 Å². The molecule has 1 aliphatic rings. The number of aryl methyl sites for hydroxylation is 2. The fourth-order valence-electron chi connectivity index (χ4n) is 2.87. The highest BCUT2D eigenvalue weighted by Crippen LogP contribution is 2.34. The number of carboxylic acids is 1. The summed E-state index contributed by atoms with van der Waals surface area (Å²) in [5, 5.41) is 17.8. The predicted molar refractivity (Wildman–Crippen MR) is 72.5 cm³/mol. The molecule has 3 rings (SSSR count). The maximum absolute atomic E-state index is 11.4. The molecule has 1 N–H and O–H groups in total. The van der Waals surface area contributed by atoms with Crippen molar-refractivity contribution in [1.82, 2.24) is 19.6 Å². The van der Waals surface area contributed by atoms with E-state index in [9.17, 15) is 9.90 Å². The van der Waals surface area contributed by atoms with Crippen LogP contribution in [0.15, 0.2) is 18.2 Å². The first-order valence-corrected chi connectivity index (χ1v) is 6.65. The van der Waals surface area contributed by atoms with E-state index in [2.05, 4.69) is 15.2 Å². The number of aromatic nitrogens is 4. The molecule has 1 aliphatic carbocycles. The van der Waals surface area contributed by atoms with Gasteiger partial charge in [-0.25, -0.2) is 4.98 Å². The van der Waals surface area contributed by atoms with Crippen molar-refractivity contribution in [1.29, 1.82) is 0 Å². The minimum absolute atomic E-state index is 0.157. The summed E-state index contributed by atoms with van der Waals surface area (Å²) in [7, 11) is 0. The molecule has 2 aromatic heterocycles. The average molecular weight is 272 g/mol. The van der Waals surface area contributed by atoms with Gasteiger partial charge in [-0.3, -0.25) is 9.20 Å².